The lowest BCUT2D eigenvalue weighted by molar-refractivity contribution is -0.130. The number of aromatic nitrogens is 1. The topological polar surface area (TPSA) is 63.4 Å². The molecule has 0 bridgehead atoms. The average Bonchev–Trinajstić information content (AvgIpc) is 3.44. The van der Waals surface area contributed by atoms with Crippen molar-refractivity contribution >= 4 is 28.4 Å². The molecule has 28 heavy (non-hydrogen) atoms. The fourth-order valence-electron chi connectivity index (χ4n) is 4.06. The molecule has 0 saturated carbocycles. The molecule has 2 aromatic carbocycles. The summed E-state index contributed by atoms with van der Waals surface area (Å²) in [6, 6.07) is 12.2. The van der Waals surface area contributed by atoms with E-state index in [2.05, 4.69) is 28.5 Å². The standard InChI is InChI=1S/C22H21ClN2O3/c23-16-9-15-10-17(12-25-22(26)20-2-1-7-27-20)28-21(15)18(11-16)13-3-4-19-14(8-13)5-6-24-19/h3-6,8-9,11,17,20,24H,1-2,7,10,12H2,(H,25,26)/t17-,20+/m0/s1. The third kappa shape index (κ3) is 3.25. The molecule has 0 spiro atoms. The first-order chi connectivity index (χ1) is 13.7. The van der Waals surface area contributed by atoms with Crippen LogP contribution in [0.4, 0.5) is 0 Å². The number of ether oxygens (including phenoxy) is 2. The first kappa shape index (κ1) is 17.6. The number of fused-ring (bicyclic) bond motifs is 2. The highest BCUT2D eigenvalue weighted by Gasteiger charge is 2.29. The number of benzene rings is 2. The van der Waals surface area contributed by atoms with Crippen LogP contribution < -0.4 is 10.1 Å². The molecule has 2 N–H and O–H groups in total. The Morgan fingerprint density at radius 1 is 1.25 bits per heavy atom. The van der Waals surface area contributed by atoms with Gasteiger partial charge in [-0.1, -0.05) is 17.7 Å². The number of nitrogens with one attached hydrogen (secondary N) is 2. The Labute approximate surface area is 168 Å². The summed E-state index contributed by atoms with van der Waals surface area (Å²) in [6.07, 6.45) is 3.96. The normalized spacial score (nSPS) is 20.9. The van der Waals surface area contributed by atoms with Crippen LogP contribution in [0.25, 0.3) is 22.0 Å². The zero-order valence-corrected chi connectivity index (χ0v) is 16.1. The summed E-state index contributed by atoms with van der Waals surface area (Å²) in [5.74, 6) is 0.809. The van der Waals surface area contributed by atoms with Crippen molar-refractivity contribution in [3.05, 3.63) is 53.2 Å². The number of amides is 1. The van der Waals surface area contributed by atoms with E-state index < -0.39 is 0 Å². The zero-order valence-electron chi connectivity index (χ0n) is 15.3. The second kappa shape index (κ2) is 7.15. The molecule has 6 heteroatoms. The van der Waals surface area contributed by atoms with E-state index in [4.69, 9.17) is 21.1 Å². The molecule has 0 radical (unpaired) electrons. The van der Waals surface area contributed by atoms with Crippen molar-refractivity contribution in [2.45, 2.75) is 31.5 Å². The predicted molar refractivity (Wildman–Crippen MR) is 109 cm³/mol. The van der Waals surface area contributed by atoms with E-state index in [1.165, 1.54) is 0 Å². The number of halogens is 1. The fraction of sp³-hybridized carbons (Fsp3) is 0.318. The minimum atomic E-state index is -0.318. The third-order valence-electron chi connectivity index (χ3n) is 5.45. The quantitative estimate of drug-likeness (QED) is 0.698. The van der Waals surface area contributed by atoms with E-state index in [9.17, 15) is 4.79 Å². The van der Waals surface area contributed by atoms with Gasteiger partial charge in [0, 0.05) is 40.9 Å². The van der Waals surface area contributed by atoms with Crippen molar-refractivity contribution in [1.29, 1.82) is 0 Å². The summed E-state index contributed by atoms with van der Waals surface area (Å²) in [7, 11) is 0. The van der Waals surface area contributed by atoms with Crippen LogP contribution in [-0.2, 0) is 16.0 Å². The smallest absolute Gasteiger partial charge is 0.249 e. The molecule has 3 aromatic rings. The van der Waals surface area contributed by atoms with Gasteiger partial charge in [0.15, 0.2) is 0 Å². The number of carbonyl (C=O) groups is 1. The SMILES string of the molecule is O=C(NC[C@@H]1Cc2cc(Cl)cc(-c3ccc4[nH]ccc4c3)c2O1)[C@H]1CCCO1. The first-order valence-electron chi connectivity index (χ1n) is 9.63. The van der Waals surface area contributed by atoms with Crippen LogP contribution in [0, 0.1) is 0 Å². The van der Waals surface area contributed by atoms with E-state index in [0.717, 1.165) is 52.6 Å². The van der Waals surface area contributed by atoms with Gasteiger partial charge in [-0.15, -0.1) is 0 Å². The fourth-order valence-corrected chi connectivity index (χ4v) is 4.30. The lowest BCUT2D eigenvalue weighted by Gasteiger charge is -2.15. The molecule has 5 rings (SSSR count). The van der Waals surface area contributed by atoms with Gasteiger partial charge in [0.1, 0.15) is 18.0 Å². The highest BCUT2D eigenvalue weighted by molar-refractivity contribution is 6.31. The molecule has 2 aliphatic rings. The van der Waals surface area contributed by atoms with Gasteiger partial charge >= 0.3 is 0 Å². The van der Waals surface area contributed by atoms with E-state index >= 15 is 0 Å². The Morgan fingerprint density at radius 2 is 2.18 bits per heavy atom. The number of aromatic amines is 1. The van der Waals surface area contributed by atoms with E-state index in [-0.39, 0.29) is 18.1 Å². The number of H-pyrrole nitrogens is 1. The largest absolute Gasteiger partial charge is 0.487 e. The Balaban J connectivity index is 1.36. The Bertz CT molecular complexity index is 1040. The van der Waals surface area contributed by atoms with Crippen LogP contribution in [0.1, 0.15) is 18.4 Å². The second-order valence-electron chi connectivity index (χ2n) is 7.41. The van der Waals surface area contributed by atoms with Gasteiger partial charge in [0.2, 0.25) is 5.91 Å². The molecular formula is C22H21ClN2O3. The van der Waals surface area contributed by atoms with Gasteiger partial charge in [0.25, 0.3) is 0 Å². The summed E-state index contributed by atoms with van der Waals surface area (Å²) < 4.78 is 11.7. The molecule has 0 aliphatic carbocycles. The van der Waals surface area contributed by atoms with E-state index in [1.807, 2.05) is 24.4 Å². The van der Waals surface area contributed by atoms with Crippen molar-refractivity contribution in [2.75, 3.05) is 13.2 Å². The maximum Gasteiger partial charge on any atom is 0.249 e. The molecule has 2 aliphatic heterocycles. The maximum atomic E-state index is 12.2. The van der Waals surface area contributed by atoms with Gasteiger partial charge in [0.05, 0.1) is 6.54 Å². The highest BCUT2D eigenvalue weighted by atomic mass is 35.5. The van der Waals surface area contributed by atoms with Crippen molar-refractivity contribution in [3.63, 3.8) is 0 Å². The van der Waals surface area contributed by atoms with Crippen LogP contribution in [0.5, 0.6) is 5.75 Å². The van der Waals surface area contributed by atoms with Gasteiger partial charge in [-0.05, 0) is 54.1 Å². The van der Waals surface area contributed by atoms with Crippen LogP contribution in [0.2, 0.25) is 5.02 Å². The number of hydrogen-bond acceptors (Lipinski definition) is 3. The van der Waals surface area contributed by atoms with Gasteiger partial charge in [-0.2, -0.15) is 0 Å². The Kier molecular flexibility index (Phi) is 4.49. The van der Waals surface area contributed by atoms with E-state index in [1.54, 1.807) is 0 Å². The molecule has 1 aromatic heterocycles. The zero-order chi connectivity index (χ0) is 19.1. The molecule has 1 saturated heterocycles. The molecule has 1 fully saturated rings. The second-order valence-corrected chi connectivity index (χ2v) is 7.85. The van der Waals surface area contributed by atoms with Crippen molar-refractivity contribution in [1.82, 2.24) is 10.3 Å². The molecule has 144 valence electrons. The minimum Gasteiger partial charge on any atom is -0.487 e. The molecule has 0 unspecified atom stereocenters. The summed E-state index contributed by atoms with van der Waals surface area (Å²) in [6.45, 7) is 1.12. The number of hydrogen-bond donors (Lipinski definition) is 2. The highest BCUT2D eigenvalue weighted by Crippen LogP contribution is 2.41. The lowest BCUT2D eigenvalue weighted by atomic mass is 9.99. The molecule has 3 heterocycles. The molecule has 2 atom stereocenters. The summed E-state index contributed by atoms with van der Waals surface area (Å²) in [5, 5.41) is 4.80. The minimum absolute atomic E-state index is 0.0479. The molecular weight excluding hydrogens is 376 g/mol. The first-order valence-corrected chi connectivity index (χ1v) is 10.0. The summed E-state index contributed by atoms with van der Waals surface area (Å²) in [4.78, 5) is 15.4. The number of carbonyl (C=O) groups excluding carboxylic acids is 1. The van der Waals surface area contributed by atoms with Crippen LogP contribution in [0.3, 0.4) is 0 Å². The average molecular weight is 397 g/mol. The monoisotopic (exact) mass is 396 g/mol. The van der Waals surface area contributed by atoms with Gasteiger partial charge < -0.3 is 19.8 Å². The van der Waals surface area contributed by atoms with Crippen LogP contribution >= 0.6 is 11.6 Å². The van der Waals surface area contributed by atoms with E-state index in [0.29, 0.717) is 18.2 Å². The van der Waals surface area contributed by atoms with Gasteiger partial charge in [-0.25, -0.2) is 0 Å². The van der Waals surface area contributed by atoms with Crippen molar-refractivity contribution in [2.24, 2.45) is 0 Å². The Morgan fingerprint density at radius 3 is 3.04 bits per heavy atom. The molecule has 5 nitrogen and oxygen atoms in total. The van der Waals surface area contributed by atoms with Gasteiger partial charge in [-0.3, -0.25) is 4.79 Å². The lowest BCUT2D eigenvalue weighted by Crippen LogP contribution is -2.40. The molecule has 1 amide bonds. The predicted octanol–water partition coefficient (Wildman–Crippen LogP) is 4.09. The number of rotatable bonds is 4. The van der Waals surface area contributed by atoms with Crippen molar-refractivity contribution < 1.29 is 14.3 Å². The Hall–Kier alpha value is -2.50. The summed E-state index contributed by atoms with van der Waals surface area (Å²) >= 11 is 6.39. The van der Waals surface area contributed by atoms with Crippen molar-refractivity contribution in [3.8, 4) is 16.9 Å². The third-order valence-corrected chi connectivity index (χ3v) is 5.67. The summed E-state index contributed by atoms with van der Waals surface area (Å²) in [5.41, 5.74) is 4.22. The van der Waals surface area contributed by atoms with Crippen LogP contribution in [0.15, 0.2) is 42.6 Å². The van der Waals surface area contributed by atoms with Crippen LogP contribution in [-0.4, -0.2) is 36.3 Å². The maximum absolute atomic E-state index is 12.2.